The maximum absolute atomic E-state index is 10.2. The Labute approximate surface area is 94.6 Å². The van der Waals surface area contributed by atoms with Gasteiger partial charge in [0.15, 0.2) is 0 Å². The third kappa shape index (κ3) is 2.04. The van der Waals surface area contributed by atoms with Crippen molar-refractivity contribution < 1.29 is 5.11 Å². The van der Waals surface area contributed by atoms with Gasteiger partial charge in [0.2, 0.25) is 0 Å². The second kappa shape index (κ2) is 4.33. The predicted molar refractivity (Wildman–Crippen MR) is 63.9 cm³/mol. The van der Waals surface area contributed by atoms with E-state index in [4.69, 9.17) is 5.73 Å². The van der Waals surface area contributed by atoms with E-state index in [2.05, 4.69) is 4.98 Å². The van der Waals surface area contributed by atoms with Crippen LogP contribution in [0.3, 0.4) is 0 Å². The van der Waals surface area contributed by atoms with Crippen molar-refractivity contribution in [1.82, 2.24) is 4.98 Å². The summed E-state index contributed by atoms with van der Waals surface area (Å²) in [5, 5.41) is 10.2. The summed E-state index contributed by atoms with van der Waals surface area (Å²) in [4.78, 5) is 4.00. The highest BCUT2D eigenvalue weighted by atomic mass is 16.3. The molecule has 0 spiro atoms. The Bertz CT molecular complexity index is 483. The van der Waals surface area contributed by atoms with E-state index < -0.39 is 6.10 Å². The average molecular weight is 214 g/mol. The minimum Gasteiger partial charge on any atom is -0.384 e. The number of hydrogen-bond acceptors (Lipinski definition) is 3. The molecule has 0 amide bonds. The van der Waals surface area contributed by atoms with Crippen LogP contribution in [0.4, 0.5) is 5.82 Å². The summed E-state index contributed by atoms with van der Waals surface area (Å²) in [6.45, 7) is 1.92. The first kappa shape index (κ1) is 10.6. The molecular formula is C13H14N2O. The quantitative estimate of drug-likeness (QED) is 0.804. The molecule has 1 atom stereocenters. The van der Waals surface area contributed by atoms with Crippen LogP contribution in [0.2, 0.25) is 0 Å². The van der Waals surface area contributed by atoms with Gasteiger partial charge in [-0.3, -0.25) is 0 Å². The number of nitrogens with zero attached hydrogens (tertiary/aromatic N) is 1. The molecule has 0 unspecified atom stereocenters. The standard InChI is InChI=1S/C13H14N2O/c1-9-7-12(14)15-8-11(9)13(16)10-5-3-2-4-6-10/h2-8,13,16H,1H3,(H2,14,15)/t13-/m0/s1. The van der Waals surface area contributed by atoms with Crippen molar-refractivity contribution in [3.05, 3.63) is 59.3 Å². The van der Waals surface area contributed by atoms with Crippen LogP contribution < -0.4 is 5.73 Å². The van der Waals surface area contributed by atoms with Crippen molar-refractivity contribution in [3.8, 4) is 0 Å². The summed E-state index contributed by atoms with van der Waals surface area (Å²) in [6.07, 6.45) is 0.983. The first-order valence-electron chi connectivity index (χ1n) is 5.13. The minimum atomic E-state index is -0.644. The molecule has 2 rings (SSSR count). The lowest BCUT2D eigenvalue weighted by Crippen LogP contribution is -2.03. The zero-order valence-electron chi connectivity index (χ0n) is 9.09. The van der Waals surface area contributed by atoms with Gasteiger partial charge in [0.05, 0.1) is 0 Å². The van der Waals surface area contributed by atoms with Gasteiger partial charge in [-0.25, -0.2) is 4.98 Å². The summed E-state index contributed by atoms with van der Waals surface area (Å²) >= 11 is 0. The lowest BCUT2D eigenvalue weighted by molar-refractivity contribution is 0.219. The molecule has 1 aromatic carbocycles. The van der Waals surface area contributed by atoms with Crippen LogP contribution >= 0.6 is 0 Å². The summed E-state index contributed by atoms with van der Waals surface area (Å²) in [7, 11) is 0. The van der Waals surface area contributed by atoms with Gasteiger partial charge in [-0.05, 0) is 24.1 Å². The molecule has 82 valence electrons. The monoisotopic (exact) mass is 214 g/mol. The van der Waals surface area contributed by atoms with E-state index in [1.807, 2.05) is 37.3 Å². The van der Waals surface area contributed by atoms with Crippen LogP contribution in [-0.2, 0) is 0 Å². The van der Waals surface area contributed by atoms with E-state index in [1.54, 1.807) is 12.3 Å². The van der Waals surface area contributed by atoms with Gasteiger partial charge in [0.1, 0.15) is 11.9 Å². The van der Waals surface area contributed by atoms with Crippen LogP contribution in [0.15, 0.2) is 42.6 Å². The normalized spacial score (nSPS) is 12.4. The molecule has 2 aromatic rings. The fourth-order valence-corrected chi connectivity index (χ4v) is 1.69. The number of aryl methyl sites for hydroxylation is 1. The minimum absolute atomic E-state index is 0.474. The molecule has 1 aromatic heterocycles. The molecule has 16 heavy (non-hydrogen) atoms. The van der Waals surface area contributed by atoms with Crippen LogP contribution in [0.5, 0.6) is 0 Å². The Kier molecular flexibility index (Phi) is 2.88. The molecule has 1 heterocycles. The van der Waals surface area contributed by atoms with Gasteiger partial charge in [-0.1, -0.05) is 30.3 Å². The van der Waals surface area contributed by atoms with Crippen molar-refractivity contribution >= 4 is 5.82 Å². The Hall–Kier alpha value is -1.87. The Morgan fingerprint density at radius 1 is 1.25 bits per heavy atom. The maximum Gasteiger partial charge on any atom is 0.123 e. The predicted octanol–water partition coefficient (Wildman–Crippen LogP) is 2.05. The fraction of sp³-hybridized carbons (Fsp3) is 0.154. The topological polar surface area (TPSA) is 59.1 Å². The van der Waals surface area contributed by atoms with Gasteiger partial charge < -0.3 is 10.8 Å². The molecule has 0 bridgehead atoms. The summed E-state index contributed by atoms with van der Waals surface area (Å²) < 4.78 is 0. The maximum atomic E-state index is 10.2. The molecule has 0 aliphatic heterocycles. The number of nitrogen functional groups attached to an aromatic ring is 1. The summed E-state index contributed by atoms with van der Waals surface area (Å²) in [6, 6.07) is 11.3. The van der Waals surface area contributed by atoms with Crippen molar-refractivity contribution in [2.75, 3.05) is 5.73 Å². The zero-order chi connectivity index (χ0) is 11.5. The highest BCUT2D eigenvalue weighted by Gasteiger charge is 2.12. The molecule has 0 fully saturated rings. The summed E-state index contributed by atoms with van der Waals surface area (Å²) in [5.74, 6) is 0.474. The molecule has 3 nitrogen and oxygen atoms in total. The number of anilines is 1. The number of rotatable bonds is 2. The van der Waals surface area contributed by atoms with E-state index in [1.165, 1.54) is 0 Å². The largest absolute Gasteiger partial charge is 0.384 e. The van der Waals surface area contributed by atoms with Gasteiger partial charge in [-0.15, -0.1) is 0 Å². The average Bonchev–Trinajstić information content (AvgIpc) is 2.29. The molecule has 3 heteroatoms. The van der Waals surface area contributed by atoms with Gasteiger partial charge >= 0.3 is 0 Å². The number of aromatic nitrogens is 1. The van der Waals surface area contributed by atoms with E-state index >= 15 is 0 Å². The highest BCUT2D eigenvalue weighted by molar-refractivity contribution is 5.40. The Morgan fingerprint density at radius 2 is 1.94 bits per heavy atom. The Morgan fingerprint density at radius 3 is 2.56 bits per heavy atom. The Balaban J connectivity index is 2.38. The van der Waals surface area contributed by atoms with Crippen LogP contribution in [0.25, 0.3) is 0 Å². The number of aliphatic hydroxyl groups excluding tert-OH is 1. The van der Waals surface area contributed by atoms with Crippen LogP contribution in [0.1, 0.15) is 22.8 Å². The zero-order valence-corrected chi connectivity index (χ0v) is 9.09. The molecule has 3 N–H and O–H groups in total. The van der Waals surface area contributed by atoms with Gasteiger partial charge in [0, 0.05) is 11.8 Å². The molecule has 0 radical (unpaired) electrons. The SMILES string of the molecule is Cc1cc(N)ncc1[C@@H](O)c1ccccc1. The van der Waals surface area contributed by atoms with Gasteiger partial charge in [-0.2, -0.15) is 0 Å². The van der Waals surface area contributed by atoms with Crippen molar-refractivity contribution in [2.24, 2.45) is 0 Å². The number of aliphatic hydroxyl groups is 1. The van der Waals surface area contributed by atoms with Crippen LogP contribution in [0, 0.1) is 6.92 Å². The molecule has 0 saturated carbocycles. The number of benzene rings is 1. The van der Waals surface area contributed by atoms with Gasteiger partial charge in [0.25, 0.3) is 0 Å². The van der Waals surface area contributed by atoms with Crippen molar-refractivity contribution in [1.29, 1.82) is 0 Å². The molecular weight excluding hydrogens is 200 g/mol. The molecule has 0 aliphatic rings. The van der Waals surface area contributed by atoms with Crippen LogP contribution in [-0.4, -0.2) is 10.1 Å². The highest BCUT2D eigenvalue weighted by Crippen LogP contribution is 2.24. The lowest BCUT2D eigenvalue weighted by atomic mass is 9.99. The second-order valence-corrected chi connectivity index (χ2v) is 3.78. The summed E-state index contributed by atoms with van der Waals surface area (Å²) in [5.41, 5.74) is 8.17. The van der Waals surface area contributed by atoms with E-state index in [0.717, 1.165) is 16.7 Å². The fourth-order valence-electron chi connectivity index (χ4n) is 1.69. The number of hydrogen-bond donors (Lipinski definition) is 2. The third-order valence-electron chi connectivity index (χ3n) is 2.58. The van der Waals surface area contributed by atoms with Crippen molar-refractivity contribution in [2.45, 2.75) is 13.0 Å². The first-order valence-corrected chi connectivity index (χ1v) is 5.13. The lowest BCUT2D eigenvalue weighted by Gasteiger charge is -2.13. The van der Waals surface area contributed by atoms with E-state index in [9.17, 15) is 5.11 Å². The number of pyridine rings is 1. The third-order valence-corrected chi connectivity index (χ3v) is 2.58. The number of nitrogens with two attached hydrogens (primary N) is 1. The smallest absolute Gasteiger partial charge is 0.123 e. The first-order chi connectivity index (χ1) is 7.68. The van der Waals surface area contributed by atoms with E-state index in [0.29, 0.717) is 5.82 Å². The molecule has 0 aliphatic carbocycles. The molecule has 0 saturated heterocycles. The van der Waals surface area contributed by atoms with Crippen molar-refractivity contribution in [3.63, 3.8) is 0 Å². The van der Waals surface area contributed by atoms with E-state index in [-0.39, 0.29) is 0 Å². The second-order valence-electron chi connectivity index (χ2n) is 3.78.